The lowest BCUT2D eigenvalue weighted by atomic mass is 9.92. The Morgan fingerprint density at radius 2 is 2.00 bits per heavy atom. The third kappa shape index (κ3) is 4.06. The highest BCUT2D eigenvalue weighted by Gasteiger charge is 2.24. The standard InChI is InChI=1S/C22H21FN4O/c23-18-5-2-1-4-15(18)8-9-21(28)26-19-6-3-7-20-17(19)14-25-22(27-20)16-10-12-24-13-11-16/h1-2,4-5,10-14,19H,3,6-9H2,(H,26,28)/t19-/m1/s1. The monoisotopic (exact) mass is 376 g/mol. The number of nitrogens with one attached hydrogen (secondary N) is 1. The summed E-state index contributed by atoms with van der Waals surface area (Å²) in [7, 11) is 0. The van der Waals surface area contributed by atoms with Crippen LogP contribution in [0.1, 0.15) is 42.1 Å². The first-order valence-electron chi connectivity index (χ1n) is 9.49. The second-order valence-corrected chi connectivity index (χ2v) is 6.94. The first-order chi connectivity index (χ1) is 13.7. The minimum absolute atomic E-state index is 0.0840. The Labute approximate surface area is 163 Å². The van der Waals surface area contributed by atoms with Crippen molar-refractivity contribution in [3.63, 3.8) is 0 Å². The van der Waals surface area contributed by atoms with Gasteiger partial charge in [-0.05, 0) is 49.4 Å². The number of aryl methyl sites for hydroxylation is 2. The average molecular weight is 376 g/mol. The van der Waals surface area contributed by atoms with Crippen LogP contribution in [0.5, 0.6) is 0 Å². The number of carbonyl (C=O) groups is 1. The van der Waals surface area contributed by atoms with Crippen molar-refractivity contribution in [2.45, 2.75) is 38.1 Å². The van der Waals surface area contributed by atoms with E-state index in [4.69, 9.17) is 4.98 Å². The van der Waals surface area contributed by atoms with Crippen molar-refractivity contribution in [3.8, 4) is 11.4 Å². The number of nitrogens with zero attached hydrogens (tertiary/aromatic N) is 3. The zero-order valence-corrected chi connectivity index (χ0v) is 15.4. The number of carbonyl (C=O) groups excluding carboxylic acids is 1. The fourth-order valence-electron chi connectivity index (χ4n) is 3.55. The second-order valence-electron chi connectivity index (χ2n) is 6.94. The molecule has 0 unspecified atom stereocenters. The zero-order valence-electron chi connectivity index (χ0n) is 15.4. The number of hydrogen-bond donors (Lipinski definition) is 1. The smallest absolute Gasteiger partial charge is 0.220 e. The number of halogens is 1. The van der Waals surface area contributed by atoms with Gasteiger partial charge in [0.05, 0.1) is 6.04 Å². The maximum atomic E-state index is 13.7. The topological polar surface area (TPSA) is 67.8 Å². The van der Waals surface area contributed by atoms with Crippen molar-refractivity contribution in [3.05, 3.63) is 77.6 Å². The molecule has 1 aliphatic rings. The Balaban J connectivity index is 1.44. The second kappa shape index (κ2) is 8.25. The highest BCUT2D eigenvalue weighted by atomic mass is 19.1. The number of hydrogen-bond acceptors (Lipinski definition) is 4. The zero-order chi connectivity index (χ0) is 19.3. The maximum absolute atomic E-state index is 13.7. The lowest BCUT2D eigenvalue weighted by molar-refractivity contribution is -0.121. The summed E-state index contributed by atoms with van der Waals surface area (Å²) < 4.78 is 13.7. The summed E-state index contributed by atoms with van der Waals surface area (Å²) in [5, 5.41) is 3.07. The van der Waals surface area contributed by atoms with E-state index in [0.717, 1.165) is 36.1 Å². The average Bonchev–Trinajstić information content (AvgIpc) is 2.74. The minimum atomic E-state index is -0.268. The minimum Gasteiger partial charge on any atom is -0.349 e. The van der Waals surface area contributed by atoms with E-state index in [9.17, 15) is 9.18 Å². The fourth-order valence-corrected chi connectivity index (χ4v) is 3.55. The number of benzene rings is 1. The molecule has 0 aliphatic heterocycles. The van der Waals surface area contributed by atoms with Gasteiger partial charge in [0, 0.05) is 41.8 Å². The lowest BCUT2D eigenvalue weighted by Gasteiger charge is -2.25. The normalized spacial score (nSPS) is 15.7. The van der Waals surface area contributed by atoms with Gasteiger partial charge in [0.15, 0.2) is 5.82 Å². The molecular formula is C22H21FN4O. The largest absolute Gasteiger partial charge is 0.349 e. The molecule has 28 heavy (non-hydrogen) atoms. The van der Waals surface area contributed by atoms with Gasteiger partial charge in [0.25, 0.3) is 0 Å². The molecule has 0 saturated heterocycles. The van der Waals surface area contributed by atoms with E-state index in [2.05, 4.69) is 15.3 Å². The summed E-state index contributed by atoms with van der Waals surface area (Å²) in [5.74, 6) is 0.322. The molecule has 1 amide bonds. The van der Waals surface area contributed by atoms with Crippen molar-refractivity contribution in [2.75, 3.05) is 0 Å². The molecule has 0 fully saturated rings. The van der Waals surface area contributed by atoms with Crippen LogP contribution >= 0.6 is 0 Å². The first kappa shape index (κ1) is 18.2. The van der Waals surface area contributed by atoms with E-state index in [1.165, 1.54) is 6.07 Å². The lowest BCUT2D eigenvalue weighted by Crippen LogP contribution is -2.31. The Bertz CT molecular complexity index is 977. The van der Waals surface area contributed by atoms with Crippen molar-refractivity contribution < 1.29 is 9.18 Å². The molecule has 0 radical (unpaired) electrons. The van der Waals surface area contributed by atoms with Gasteiger partial charge >= 0.3 is 0 Å². The molecule has 1 aliphatic carbocycles. The molecular weight excluding hydrogens is 355 g/mol. The molecule has 4 rings (SSSR count). The van der Waals surface area contributed by atoms with Gasteiger partial charge in [0.1, 0.15) is 5.82 Å². The number of pyridine rings is 1. The molecule has 2 heterocycles. The van der Waals surface area contributed by atoms with Crippen LogP contribution < -0.4 is 5.32 Å². The van der Waals surface area contributed by atoms with Gasteiger partial charge in [-0.15, -0.1) is 0 Å². The summed E-state index contributed by atoms with van der Waals surface area (Å²) >= 11 is 0. The van der Waals surface area contributed by atoms with E-state index in [-0.39, 0.29) is 24.2 Å². The van der Waals surface area contributed by atoms with Crippen molar-refractivity contribution >= 4 is 5.91 Å². The molecule has 142 valence electrons. The van der Waals surface area contributed by atoms with E-state index in [1.807, 2.05) is 18.3 Å². The van der Waals surface area contributed by atoms with Gasteiger partial charge in [-0.25, -0.2) is 14.4 Å². The molecule has 5 nitrogen and oxygen atoms in total. The molecule has 3 aromatic rings. The van der Waals surface area contributed by atoms with Crippen LogP contribution in [0.2, 0.25) is 0 Å². The highest BCUT2D eigenvalue weighted by Crippen LogP contribution is 2.29. The van der Waals surface area contributed by atoms with Crippen LogP contribution in [-0.2, 0) is 17.6 Å². The Morgan fingerprint density at radius 3 is 2.82 bits per heavy atom. The van der Waals surface area contributed by atoms with Gasteiger partial charge in [-0.1, -0.05) is 18.2 Å². The summed E-state index contributed by atoms with van der Waals surface area (Å²) in [5.41, 5.74) is 3.44. The molecule has 1 aromatic carbocycles. The van der Waals surface area contributed by atoms with Crippen LogP contribution in [-0.4, -0.2) is 20.9 Å². The number of fused-ring (bicyclic) bond motifs is 1. The predicted octanol–water partition coefficient (Wildman–Crippen LogP) is 3.80. The maximum Gasteiger partial charge on any atom is 0.220 e. The molecule has 0 spiro atoms. The third-order valence-electron chi connectivity index (χ3n) is 5.03. The quantitative estimate of drug-likeness (QED) is 0.735. The van der Waals surface area contributed by atoms with E-state index >= 15 is 0 Å². The van der Waals surface area contributed by atoms with Crippen LogP contribution in [0.4, 0.5) is 4.39 Å². The summed E-state index contributed by atoms with van der Waals surface area (Å²) in [6.07, 6.45) is 8.58. The Hall–Kier alpha value is -3.15. The molecule has 1 atom stereocenters. The van der Waals surface area contributed by atoms with Crippen molar-refractivity contribution in [2.24, 2.45) is 0 Å². The molecule has 0 bridgehead atoms. The number of amides is 1. The molecule has 0 saturated carbocycles. The summed E-state index contributed by atoms with van der Waals surface area (Å²) in [6, 6.07) is 10.2. The van der Waals surface area contributed by atoms with E-state index < -0.39 is 0 Å². The summed E-state index contributed by atoms with van der Waals surface area (Å²) in [6.45, 7) is 0. The van der Waals surface area contributed by atoms with Crippen molar-refractivity contribution in [1.29, 1.82) is 0 Å². The van der Waals surface area contributed by atoms with Crippen LogP contribution in [0.3, 0.4) is 0 Å². The van der Waals surface area contributed by atoms with Gasteiger partial charge < -0.3 is 5.32 Å². The first-order valence-corrected chi connectivity index (χ1v) is 9.49. The van der Waals surface area contributed by atoms with Crippen molar-refractivity contribution in [1.82, 2.24) is 20.3 Å². The molecule has 1 N–H and O–H groups in total. The Morgan fingerprint density at radius 1 is 1.18 bits per heavy atom. The number of aromatic nitrogens is 3. The molecule has 2 aromatic heterocycles. The van der Waals surface area contributed by atoms with Crippen LogP contribution in [0.25, 0.3) is 11.4 Å². The predicted molar refractivity (Wildman–Crippen MR) is 104 cm³/mol. The fraction of sp³-hybridized carbons (Fsp3) is 0.273. The summed E-state index contributed by atoms with van der Waals surface area (Å²) in [4.78, 5) is 25.6. The SMILES string of the molecule is O=C(CCc1ccccc1F)N[C@@H]1CCCc2nc(-c3ccncc3)ncc21. The van der Waals surface area contributed by atoms with Gasteiger partial charge in [-0.3, -0.25) is 9.78 Å². The third-order valence-corrected chi connectivity index (χ3v) is 5.03. The Kier molecular flexibility index (Phi) is 5.37. The van der Waals surface area contributed by atoms with Gasteiger partial charge in [-0.2, -0.15) is 0 Å². The van der Waals surface area contributed by atoms with E-state index in [0.29, 0.717) is 17.8 Å². The number of rotatable bonds is 5. The molecule has 6 heteroatoms. The van der Waals surface area contributed by atoms with Crippen LogP contribution in [0, 0.1) is 5.82 Å². The van der Waals surface area contributed by atoms with E-state index in [1.54, 1.807) is 30.6 Å². The van der Waals surface area contributed by atoms with Crippen LogP contribution in [0.15, 0.2) is 55.0 Å². The highest BCUT2D eigenvalue weighted by molar-refractivity contribution is 5.76. The van der Waals surface area contributed by atoms with Gasteiger partial charge in [0.2, 0.25) is 5.91 Å².